The summed E-state index contributed by atoms with van der Waals surface area (Å²) in [6, 6.07) is 0. The number of carboxylic acid groups (broad SMARTS) is 1. The molecule has 0 radical (unpaired) electrons. The van der Waals surface area contributed by atoms with Crippen LogP contribution in [0.1, 0.15) is 33.6 Å². The van der Waals surface area contributed by atoms with E-state index in [1.165, 1.54) is 0 Å². The number of nitrogens with zero attached hydrogens (tertiary/aromatic N) is 2. The van der Waals surface area contributed by atoms with Gasteiger partial charge in [0.25, 0.3) is 5.56 Å². The summed E-state index contributed by atoms with van der Waals surface area (Å²) in [6.45, 7) is 7.10. The SMILES string of the molecule is CCC(CNc1nccn(CC(C)C)c1=O)CC(=O)O. The zero-order valence-corrected chi connectivity index (χ0v) is 12.3. The highest BCUT2D eigenvalue weighted by molar-refractivity contribution is 5.67. The van der Waals surface area contributed by atoms with Gasteiger partial charge in [-0.05, 0) is 11.8 Å². The van der Waals surface area contributed by atoms with E-state index in [4.69, 9.17) is 5.11 Å². The number of carboxylic acids is 1. The Balaban J connectivity index is 2.72. The Morgan fingerprint density at radius 3 is 2.75 bits per heavy atom. The molecule has 1 unspecified atom stereocenters. The number of aliphatic carboxylic acids is 1. The molecule has 0 aromatic carbocycles. The fourth-order valence-corrected chi connectivity index (χ4v) is 1.95. The standard InChI is InChI=1S/C14H23N3O3/c1-4-11(7-12(18)19)8-16-13-14(20)17(6-5-15-13)9-10(2)3/h5-6,10-11H,4,7-9H2,1-3H3,(H,15,16)(H,18,19). The van der Waals surface area contributed by atoms with Gasteiger partial charge in [0.2, 0.25) is 0 Å². The maximum absolute atomic E-state index is 12.1. The Bertz CT molecular complexity index is 497. The molecule has 0 aliphatic carbocycles. The van der Waals surface area contributed by atoms with Crippen molar-refractivity contribution in [2.45, 2.75) is 40.2 Å². The summed E-state index contributed by atoms with van der Waals surface area (Å²) in [4.78, 5) is 26.9. The second kappa shape index (κ2) is 7.67. The van der Waals surface area contributed by atoms with E-state index in [1.54, 1.807) is 17.0 Å². The molecule has 0 aliphatic rings. The number of carbonyl (C=O) groups is 1. The summed E-state index contributed by atoms with van der Waals surface area (Å²) in [6.07, 6.45) is 4.09. The highest BCUT2D eigenvalue weighted by Gasteiger charge is 2.13. The van der Waals surface area contributed by atoms with E-state index in [2.05, 4.69) is 10.3 Å². The van der Waals surface area contributed by atoms with Crippen molar-refractivity contribution in [1.82, 2.24) is 9.55 Å². The second-order valence-corrected chi connectivity index (χ2v) is 5.38. The van der Waals surface area contributed by atoms with Crippen LogP contribution in [0.5, 0.6) is 0 Å². The molecule has 2 N–H and O–H groups in total. The van der Waals surface area contributed by atoms with Gasteiger partial charge < -0.3 is 15.0 Å². The lowest BCUT2D eigenvalue weighted by Crippen LogP contribution is -2.28. The largest absolute Gasteiger partial charge is 0.481 e. The van der Waals surface area contributed by atoms with Crippen LogP contribution in [0.2, 0.25) is 0 Å². The third-order valence-electron chi connectivity index (χ3n) is 3.07. The lowest BCUT2D eigenvalue weighted by molar-refractivity contribution is -0.138. The first-order chi connectivity index (χ1) is 9.43. The van der Waals surface area contributed by atoms with Crippen molar-refractivity contribution in [3.05, 3.63) is 22.7 Å². The third-order valence-corrected chi connectivity index (χ3v) is 3.07. The predicted octanol–water partition coefficient (Wildman–Crippen LogP) is 1.81. The maximum Gasteiger partial charge on any atom is 0.303 e. The molecule has 1 atom stereocenters. The predicted molar refractivity (Wildman–Crippen MR) is 77.9 cm³/mol. The molecule has 1 heterocycles. The lowest BCUT2D eigenvalue weighted by atomic mass is 10.0. The number of rotatable bonds is 8. The van der Waals surface area contributed by atoms with E-state index in [1.807, 2.05) is 20.8 Å². The van der Waals surface area contributed by atoms with Crippen molar-refractivity contribution in [2.24, 2.45) is 11.8 Å². The number of aromatic nitrogens is 2. The molecule has 0 saturated carbocycles. The minimum Gasteiger partial charge on any atom is -0.481 e. The first-order valence-electron chi connectivity index (χ1n) is 6.95. The molecule has 0 spiro atoms. The number of hydrogen-bond acceptors (Lipinski definition) is 4. The molecule has 1 rings (SSSR count). The summed E-state index contributed by atoms with van der Waals surface area (Å²) in [7, 11) is 0. The molecule has 20 heavy (non-hydrogen) atoms. The second-order valence-electron chi connectivity index (χ2n) is 5.38. The smallest absolute Gasteiger partial charge is 0.303 e. The topological polar surface area (TPSA) is 84.2 Å². The molecule has 1 aromatic rings. The van der Waals surface area contributed by atoms with Crippen LogP contribution in [0, 0.1) is 11.8 Å². The van der Waals surface area contributed by atoms with Crippen LogP contribution in [0.15, 0.2) is 17.2 Å². The van der Waals surface area contributed by atoms with Gasteiger partial charge in [0.15, 0.2) is 5.82 Å². The Kier molecular flexibility index (Phi) is 6.21. The van der Waals surface area contributed by atoms with Gasteiger partial charge in [-0.15, -0.1) is 0 Å². The van der Waals surface area contributed by atoms with Gasteiger partial charge in [0.1, 0.15) is 0 Å². The Hall–Kier alpha value is -1.85. The molecule has 0 bridgehead atoms. The first kappa shape index (κ1) is 16.2. The summed E-state index contributed by atoms with van der Waals surface area (Å²) in [5, 5.41) is 11.8. The van der Waals surface area contributed by atoms with Crippen LogP contribution in [0.25, 0.3) is 0 Å². The van der Waals surface area contributed by atoms with Crippen LogP contribution in [-0.4, -0.2) is 27.2 Å². The minimum absolute atomic E-state index is 0.00699. The number of hydrogen-bond donors (Lipinski definition) is 2. The van der Waals surface area contributed by atoms with Gasteiger partial charge in [-0.3, -0.25) is 9.59 Å². The summed E-state index contributed by atoms with van der Waals surface area (Å²) < 4.78 is 1.62. The Morgan fingerprint density at radius 1 is 1.50 bits per heavy atom. The quantitative estimate of drug-likeness (QED) is 0.759. The molecule has 0 fully saturated rings. The highest BCUT2D eigenvalue weighted by Crippen LogP contribution is 2.08. The average Bonchev–Trinajstić information content (AvgIpc) is 2.37. The van der Waals surface area contributed by atoms with Gasteiger partial charge in [-0.1, -0.05) is 27.2 Å². The van der Waals surface area contributed by atoms with E-state index in [9.17, 15) is 9.59 Å². The van der Waals surface area contributed by atoms with E-state index >= 15 is 0 Å². The molecule has 0 aliphatic heterocycles. The lowest BCUT2D eigenvalue weighted by Gasteiger charge is -2.14. The van der Waals surface area contributed by atoms with E-state index in [0.717, 1.165) is 6.42 Å². The number of anilines is 1. The minimum atomic E-state index is -0.822. The Labute approximate surface area is 118 Å². The summed E-state index contributed by atoms with van der Waals surface area (Å²) in [5.74, 6) is -0.167. The van der Waals surface area contributed by atoms with Crippen LogP contribution in [0.3, 0.4) is 0 Å². The monoisotopic (exact) mass is 281 g/mol. The molecule has 112 valence electrons. The van der Waals surface area contributed by atoms with E-state index in [-0.39, 0.29) is 23.7 Å². The summed E-state index contributed by atoms with van der Waals surface area (Å²) >= 11 is 0. The van der Waals surface area contributed by atoms with Gasteiger partial charge in [-0.2, -0.15) is 0 Å². The van der Waals surface area contributed by atoms with E-state index in [0.29, 0.717) is 19.0 Å². The van der Waals surface area contributed by atoms with Crippen molar-refractivity contribution in [3.63, 3.8) is 0 Å². The maximum atomic E-state index is 12.1. The van der Waals surface area contributed by atoms with Crippen molar-refractivity contribution in [1.29, 1.82) is 0 Å². The Morgan fingerprint density at radius 2 is 2.20 bits per heavy atom. The molecule has 1 aromatic heterocycles. The fourth-order valence-electron chi connectivity index (χ4n) is 1.95. The molecule has 6 nitrogen and oxygen atoms in total. The zero-order chi connectivity index (χ0) is 15.1. The van der Waals surface area contributed by atoms with Crippen LogP contribution in [-0.2, 0) is 11.3 Å². The molecular formula is C14H23N3O3. The van der Waals surface area contributed by atoms with Gasteiger partial charge in [0, 0.05) is 31.9 Å². The van der Waals surface area contributed by atoms with Gasteiger partial charge in [0.05, 0.1) is 0 Å². The summed E-state index contributed by atoms with van der Waals surface area (Å²) in [5.41, 5.74) is -0.161. The molecule has 6 heteroatoms. The van der Waals surface area contributed by atoms with Gasteiger partial charge >= 0.3 is 5.97 Å². The molecule has 0 saturated heterocycles. The zero-order valence-electron chi connectivity index (χ0n) is 12.3. The van der Waals surface area contributed by atoms with Crippen molar-refractivity contribution in [3.8, 4) is 0 Å². The third kappa shape index (κ3) is 5.03. The van der Waals surface area contributed by atoms with Crippen LogP contribution in [0.4, 0.5) is 5.82 Å². The fraction of sp³-hybridized carbons (Fsp3) is 0.643. The first-order valence-corrected chi connectivity index (χ1v) is 6.95. The van der Waals surface area contributed by atoms with Crippen molar-refractivity contribution in [2.75, 3.05) is 11.9 Å². The average molecular weight is 281 g/mol. The molecular weight excluding hydrogens is 258 g/mol. The highest BCUT2D eigenvalue weighted by atomic mass is 16.4. The van der Waals surface area contributed by atoms with E-state index < -0.39 is 5.97 Å². The van der Waals surface area contributed by atoms with Gasteiger partial charge in [-0.25, -0.2) is 4.98 Å². The van der Waals surface area contributed by atoms with Crippen molar-refractivity contribution >= 4 is 11.8 Å². The van der Waals surface area contributed by atoms with Crippen molar-refractivity contribution < 1.29 is 9.90 Å². The normalized spacial score (nSPS) is 12.4. The van der Waals surface area contributed by atoms with Crippen LogP contribution >= 0.6 is 0 Å². The molecule has 0 amide bonds. The number of nitrogens with one attached hydrogen (secondary N) is 1. The van der Waals surface area contributed by atoms with Crippen LogP contribution < -0.4 is 10.9 Å².